The third-order valence-corrected chi connectivity index (χ3v) is 3.00. The maximum absolute atomic E-state index is 10.0. The second kappa shape index (κ2) is 3.62. The first-order chi connectivity index (χ1) is 6.72. The van der Waals surface area contributed by atoms with Crippen molar-refractivity contribution in [3.8, 4) is 0 Å². The number of hydrogen-bond donors (Lipinski definition) is 2. The van der Waals surface area contributed by atoms with E-state index >= 15 is 0 Å². The molecule has 0 saturated heterocycles. The van der Waals surface area contributed by atoms with E-state index in [4.69, 9.17) is 0 Å². The Labute approximate surface area is 85.0 Å². The fraction of sp³-hybridized carbons (Fsp3) is 0.500. The van der Waals surface area contributed by atoms with Gasteiger partial charge >= 0.3 is 0 Å². The second-order valence-corrected chi connectivity index (χ2v) is 4.08. The summed E-state index contributed by atoms with van der Waals surface area (Å²) in [6.45, 7) is 5.06. The van der Waals surface area contributed by atoms with Crippen LogP contribution in [0.1, 0.15) is 31.1 Å². The molecular weight excluding hydrogens is 174 g/mol. The summed E-state index contributed by atoms with van der Waals surface area (Å²) < 4.78 is 0. The van der Waals surface area contributed by atoms with Crippen LogP contribution in [-0.4, -0.2) is 11.7 Å². The molecule has 76 valence electrons. The molecule has 1 aromatic carbocycles. The number of anilines is 1. The molecule has 2 rings (SSSR count). The Kier molecular flexibility index (Phi) is 2.46. The molecule has 0 amide bonds. The van der Waals surface area contributed by atoms with Crippen molar-refractivity contribution >= 4 is 5.69 Å². The normalized spacial score (nSPS) is 25.4. The monoisotopic (exact) mass is 191 g/mol. The lowest BCUT2D eigenvalue weighted by atomic mass is 9.91. The van der Waals surface area contributed by atoms with Crippen molar-refractivity contribution in [3.63, 3.8) is 0 Å². The van der Waals surface area contributed by atoms with Crippen LogP contribution in [0.5, 0.6) is 0 Å². The van der Waals surface area contributed by atoms with E-state index in [9.17, 15) is 5.11 Å². The largest absolute Gasteiger partial charge is 0.388 e. The van der Waals surface area contributed by atoms with Crippen LogP contribution in [-0.2, 0) is 6.42 Å². The minimum absolute atomic E-state index is 0.301. The smallest absolute Gasteiger partial charge is 0.0852 e. The van der Waals surface area contributed by atoms with Crippen LogP contribution in [0.4, 0.5) is 5.69 Å². The number of fused-ring (bicyclic) bond motifs is 1. The van der Waals surface area contributed by atoms with Crippen molar-refractivity contribution < 1.29 is 5.11 Å². The predicted molar refractivity (Wildman–Crippen MR) is 58.4 cm³/mol. The average molecular weight is 191 g/mol. The third-order valence-electron chi connectivity index (χ3n) is 3.00. The zero-order valence-electron chi connectivity index (χ0n) is 8.75. The quantitative estimate of drug-likeness (QED) is 0.714. The lowest BCUT2D eigenvalue weighted by Crippen LogP contribution is -2.25. The maximum atomic E-state index is 10.0. The highest BCUT2D eigenvalue weighted by atomic mass is 16.3. The number of aliphatic hydroxyl groups excluding tert-OH is 1. The molecule has 0 aromatic heterocycles. The molecule has 1 aliphatic rings. The summed E-state index contributed by atoms with van der Waals surface area (Å²) in [7, 11) is 0. The van der Waals surface area contributed by atoms with Gasteiger partial charge in [0.05, 0.1) is 6.10 Å². The molecular formula is C12H17NO. The Morgan fingerprint density at radius 3 is 3.00 bits per heavy atom. The molecule has 2 unspecified atom stereocenters. The van der Waals surface area contributed by atoms with Crippen LogP contribution in [0.3, 0.4) is 0 Å². The van der Waals surface area contributed by atoms with Crippen molar-refractivity contribution in [2.24, 2.45) is 5.92 Å². The van der Waals surface area contributed by atoms with Gasteiger partial charge in [-0.25, -0.2) is 0 Å². The van der Waals surface area contributed by atoms with Crippen LogP contribution in [0.25, 0.3) is 0 Å². The summed E-state index contributed by atoms with van der Waals surface area (Å²) in [5.41, 5.74) is 3.44. The number of hydrogen-bond acceptors (Lipinski definition) is 2. The van der Waals surface area contributed by atoms with Gasteiger partial charge in [-0.3, -0.25) is 0 Å². The average Bonchev–Trinajstić information content (AvgIpc) is 2.23. The number of benzene rings is 1. The molecule has 2 N–H and O–H groups in total. The van der Waals surface area contributed by atoms with Crippen molar-refractivity contribution in [2.75, 3.05) is 11.9 Å². The Hall–Kier alpha value is -1.02. The highest BCUT2D eigenvalue weighted by Gasteiger charge is 2.24. The predicted octanol–water partition coefficient (Wildman–Crippen LogP) is 2.34. The number of rotatable bonds is 1. The van der Waals surface area contributed by atoms with E-state index in [1.165, 1.54) is 5.56 Å². The summed E-state index contributed by atoms with van der Waals surface area (Å²) in [4.78, 5) is 0. The summed E-state index contributed by atoms with van der Waals surface area (Å²) in [5.74, 6) is 0.301. The van der Waals surface area contributed by atoms with Gasteiger partial charge in [0.1, 0.15) is 0 Å². The van der Waals surface area contributed by atoms with Gasteiger partial charge in [-0.2, -0.15) is 0 Å². The summed E-state index contributed by atoms with van der Waals surface area (Å²) in [5, 5.41) is 13.3. The molecule has 1 aromatic rings. The zero-order chi connectivity index (χ0) is 10.1. The van der Waals surface area contributed by atoms with Crippen LogP contribution >= 0.6 is 0 Å². The molecule has 14 heavy (non-hydrogen) atoms. The van der Waals surface area contributed by atoms with Crippen LogP contribution in [0.15, 0.2) is 18.2 Å². The van der Waals surface area contributed by atoms with Gasteiger partial charge in [-0.05, 0) is 18.1 Å². The Bertz CT molecular complexity index is 335. The topological polar surface area (TPSA) is 32.3 Å². The summed E-state index contributed by atoms with van der Waals surface area (Å²) in [6.07, 6.45) is 0.715. The molecule has 2 heteroatoms. The van der Waals surface area contributed by atoms with E-state index in [1.807, 2.05) is 0 Å². The molecule has 0 saturated carbocycles. The molecule has 1 heterocycles. The van der Waals surface area contributed by atoms with Gasteiger partial charge < -0.3 is 10.4 Å². The number of nitrogens with one attached hydrogen (secondary N) is 1. The minimum Gasteiger partial charge on any atom is -0.388 e. The van der Waals surface area contributed by atoms with Gasteiger partial charge in [0.2, 0.25) is 0 Å². The molecule has 2 atom stereocenters. The van der Waals surface area contributed by atoms with E-state index in [0.717, 1.165) is 24.2 Å². The summed E-state index contributed by atoms with van der Waals surface area (Å²) in [6, 6.07) is 6.31. The molecule has 0 radical (unpaired) electrons. The van der Waals surface area contributed by atoms with Crippen molar-refractivity contribution in [1.29, 1.82) is 0 Å². The highest BCUT2D eigenvalue weighted by molar-refractivity contribution is 5.55. The van der Waals surface area contributed by atoms with Crippen molar-refractivity contribution in [1.82, 2.24) is 0 Å². The third kappa shape index (κ3) is 1.50. The molecule has 0 aliphatic carbocycles. The number of aryl methyl sites for hydroxylation is 1. The first-order valence-corrected chi connectivity index (χ1v) is 5.27. The standard InChI is InChI=1S/C12H17NO/c1-3-9-4-5-11-10(6-9)12(14)8(2)7-13-11/h4-6,8,12-14H,3,7H2,1-2H3. The Morgan fingerprint density at radius 1 is 1.50 bits per heavy atom. The summed E-state index contributed by atoms with van der Waals surface area (Å²) >= 11 is 0. The van der Waals surface area contributed by atoms with Gasteiger partial charge in [0, 0.05) is 23.7 Å². The molecule has 0 fully saturated rings. The van der Waals surface area contributed by atoms with Crippen LogP contribution in [0, 0.1) is 5.92 Å². The van der Waals surface area contributed by atoms with Gasteiger partial charge in [0.15, 0.2) is 0 Å². The van der Waals surface area contributed by atoms with E-state index in [1.54, 1.807) is 0 Å². The molecule has 1 aliphatic heterocycles. The van der Waals surface area contributed by atoms with Gasteiger partial charge in [0.25, 0.3) is 0 Å². The fourth-order valence-corrected chi connectivity index (χ4v) is 1.93. The Balaban J connectivity index is 2.41. The van der Waals surface area contributed by atoms with Gasteiger partial charge in [-0.1, -0.05) is 26.0 Å². The first kappa shape index (κ1) is 9.53. The Morgan fingerprint density at radius 2 is 2.29 bits per heavy atom. The van der Waals surface area contributed by atoms with Crippen molar-refractivity contribution in [2.45, 2.75) is 26.4 Å². The molecule has 2 nitrogen and oxygen atoms in total. The highest BCUT2D eigenvalue weighted by Crippen LogP contribution is 2.33. The molecule has 0 bridgehead atoms. The van der Waals surface area contributed by atoms with Crippen molar-refractivity contribution in [3.05, 3.63) is 29.3 Å². The van der Waals surface area contributed by atoms with E-state index in [-0.39, 0.29) is 6.10 Å². The first-order valence-electron chi connectivity index (χ1n) is 5.27. The SMILES string of the molecule is CCc1ccc2c(c1)C(O)C(C)CN2. The zero-order valence-corrected chi connectivity index (χ0v) is 8.75. The fourth-order valence-electron chi connectivity index (χ4n) is 1.93. The van der Waals surface area contributed by atoms with Crippen LogP contribution in [0.2, 0.25) is 0 Å². The lowest BCUT2D eigenvalue weighted by molar-refractivity contribution is 0.120. The van der Waals surface area contributed by atoms with Crippen LogP contribution < -0.4 is 5.32 Å². The second-order valence-electron chi connectivity index (χ2n) is 4.08. The van der Waals surface area contributed by atoms with E-state index < -0.39 is 0 Å². The number of aliphatic hydroxyl groups is 1. The lowest BCUT2D eigenvalue weighted by Gasteiger charge is -2.29. The minimum atomic E-state index is -0.308. The van der Waals surface area contributed by atoms with Gasteiger partial charge in [-0.15, -0.1) is 0 Å². The van der Waals surface area contributed by atoms with E-state index in [0.29, 0.717) is 5.92 Å². The maximum Gasteiger partial charge on any atom is 0.0852 e. The molecule has 0 spiro atoms. The van der Waals surface area contributed by atoms with E-state index in [2.05, 4.69) is 37.4 Å².